The molecule has 0 aromatic heterocycles. The van der Waals surface area contributed by atoms with Gasteiger partial charge in [-0.2, -0.15) is 4.31 Å². The molecule has 0 radical (unpaired) electrons. The highest BCUT2D eigenvalue weighted by atomic mass is 32.2. The number of nitrogens with zero attached hydrogens (tertiary/aromatic N) is 1. The molecule has 0 aliphatic carbocycles. The molecule has 1 saturated heterocycles. The molecule has 9 heteroatoms. The largest absolute Gasteiger partial charge is 0.346 e. The Bertz CT molecular complexity index is 1180. The monoisotopic (exact) mass is 478 g/mol. The van der Waals surface area contributed by atoms with Crippen LogP contribution < -0.4 is 5.32 Å². The Kier molecular flexibility index (Phi) is 7.42. The highest BCUT2D eigenvalue weighted by Gasteiger charge is 2.27. The van der Waals surface area contributed by atoms with E-state index in [1.165, 1.54) is 22.5 Å². The molecule has 1 fully saturated rings. The zero-order valence-corrected chi connectivity index (χ0v) is 20.3. The third-order valence-electron chi connectivity index (χ3n) is 5.79. The average molecular weight is 479 g/mol. The van der Waals surface area contributed by atoms with Crippen molar-refractivity contribution in [2.24, 2.45) is 0 Å². The minimum atomic E-state index is -3.68. The smallest absolute Gasteiger partial charge is 0.251 e. The first-order valence-corrected chi connectivity index (χ1v) is 14.0. The summed E-state index contributed by atoms with van der Waals surface area (Å²) in [6, 6.07) is 10.7. The first-order chi connectivity index (χ1) is 15.0. The summed E-state index contributed by atoms with van der Waals surface area (Å²) < 4.78 is 51.3. The molecular weight excluding hydrogens is 448 g/mol. The van der Waals surface area contributed by atoms with Crippen molar-refractivity contribution in [3.63, 3.8) is 0 Å². The molecular formula is C23H30N2O5S2. The second-order valence-corrected chi connectivity index (χ2v) is 12.3. The Morgan fingerprint density at radius 2 is 1.53 bits per heavy atom. The van der Waals surface area contributed by atoms with Crippen LogP contribution in [0, 0.1) is 6.92 Å². The Labute approximate surface area is 190 Å². The number of carbonyl (C=O) groups excluding carboxylic acids is 1. The van der Waals surface area contributed by atoms with Gasteiger partial charge < -0.3 is 5.32 Å². The summed E-state index contributed by atoms with van der Waals surface area (Å²) in [4.78, 5) is 13.2. The maximum Gasteiger partial charge on any atom is 0.251 e. The molecule has 1 heterocycles. The number of carbonyl (C=O) groups is 1. The molecule has 174 valence electrons. The van der Waals surface area contributed by atoms with Gasteiger partial charge in [0, 0.05) is 24.9 Å². The normalized spacial score (nSPS) is 16.8. The van der Waals surface area contributed by atoms with E-state index in [4.69, 9.17) is 0 Å². The van der Waals surface area contributed by atoms with Gasteiger partial charge in [0.1, 0.15) is 0 Å². The number of sulfone groups is 1. The molecule has 7 nitrogen and oxygen atoms in total. The van der Waals surface area contributed by atoms with Crippen molar-refractivity contribution in [3.05, 3.63) is 59.2 Å². The van der Waals surface area contributed by atoms with Gasteiger partial charge in [0.15, 0.2) is 9.84 Å². The van der Waals surface area contributed by atoms with Gasteiger partial charge in [0.25, 0.3) is 5.91 Å². The van der Waals surface area contributed by atoms with E-state index in [-0.39, 0.29) is 21.4 Å². The van der Waals surface area contributed by atoms with Gasteiger partial charge in [-0.15, -0.1) is 0 Å². The topological polar surface area (TPSA) is 101 Å². The lowest BCUT2D eigenvalue weighted by atomic mass is 10.1. The Morgan fingerprint density at radius 3 is 2.09 bits per heavy atom. The molecule has 0 bridgehead atoms. The van der Waals surface area contributed by atoms with Crippen molar-refractivity contribution in [1.29, 1.82) is 0 Å². The van der Waals surface area contributed by atoms with Crippen molar-refractivity contribution in [2.45, 2.75) is 55.4 Å². The lowest BCUT2D eigenvalue weighted by Crippen LogP contribution is -2.33. The molecule has 2 aromatic carbocycles. The number of amides is 1. The zero-order valence-electron chi connectivity index (χ0n) is 18.7. The van der Waals surface area contributed by atoms with E-state index in [0.29, 0.717) is 18.7 Å². The molecule has 1 atom stereocenters. The number of hydrogen-bond acceptors (Lipinski definition) is 5. The lowest BCUT2D eigenvalue weighted by molar-refractivity contribution is 0.0939. The summed E-state index contributed by atoms with van der Waals surface area (Å²) in [7, 11) is -6.97. The van der Waals surface area contributed by atoms with Gasteiger partial charge in [-0.05, 0) is 62.1 Å². The first-order valence-electron chi connectivity index (χ1n) is 10.7. The van der Waals surface area contributed by atoms with E-state index >= 15 is 0 Å². The number of hydrogen-bond donors (Lipinski definition) is 1. The molecule has 1 aliphatic heterocycles. The molecule has 0 spiro atoms. The predicted molar refractivity (Wildman–Crippen MR) is 124 cm³/mol. The van der Waals surface area contributed by atoms with E-state index in [2.05, 4.69) is 5.32 Å². The quantitative estimate of drug-likeness (QED) is 0.685. The Hall–Kier alpha value is -2.23. The van der Waals surface area contributed by atoms with Gasteiger partial charge >= 0.3 is 0 Å². The van der Waals surface area contributed by atoms with Crippen LogP contribution in [-0.2, 0) is 19.9 Å². The van der Waals surface area contributed by atoms with E-state index in [1.54, 1.807) is 38.1 Å². The minimum Gasteiger partial charge on any atom is -0.346 e. The highest BCUT2D eigenvalue weighted by Crippen LogP contribution is 2.25. The lowest BCUT2D eigenvalue weighted by Gasteiger charge is -2.22. The SMILES string of the molecule is Cc1ccc(C(=O)N[C@@H](C)c2ccc(S(C)(=O)=O)cc2)cc1S(=O)(=O)N1CCCCCC1. The predicted octanol–water partition coefficient (Wildman–Crippen LogP) is 3.45. The van der Waals surface area contributed by atoms with Crippen molar-refractivity contribution in [3.8, 4) is 0 Å². The molecule has 3 rings (SSSR count). The Morgan fingerprint density at radius 1 is 0.938 bits per heavy atom. The minimum absolute atomic E-state index is 0.164. The van der Waals surface area contributed by atoms with E-state index in [1.807, 2.05) is 0 Å². The summed E-state index contributed by atoms with van der Waals surface area (Å²) in [6.07, 6.45) is 4.87. The summed E-state index contributed by atoms with van der Waals surface area (Å²) in [6.45, 7) is 4.52. The standard InChI is InChI=1S/C23H30N2O5S2/c1-17-8-9-20(16-22(17)32(29,30)25-14-6-4-5-7-15-25)23(26)24-18(2)19-10-12-21(13-11-19)31(3,27)28/h8-13,16,18H,4-7,14-15H2,1-3H3,(H,24,26)/t18-/m0/s1. The van der Waals surface area contributed by atoms with Crippen LogP contribution in [0.4, 0.5) is 0 Å². The molecule has 1 N–H and O–H groups in total. The highest BCUT2D eigenvalue weighted by molar-refractivity contribution is 7.90. The third-order valence-corrected chi connectivity index (χ3v) is 8.96. The second kappa shape index (κ2) is 9.72. The fraction of sp³-hybridized carbons (Fsp3) is 0.435. The number of aryl methyl sites for hydroxylation is 1. The summed E-state index contributed by atoms with van der Waals surface area (Å²) in [5.74, 6) is -0.392. The van der Waals surface area contributed by atoms with E-state index in [0.717, 1.165) is 37.5 Å². The summed E-state index contributed by atoms with van der Waals surface area (Å²) in [5, 5.41) is 2.86. The van der Waals surface area contributed by atoms with E-state index < -0.39 is 25.8 Å². The molecule has 32 heavy (non-hydrogen) atoms. The van der Waals surface area contributed by atoms with Crippen LogP contribution in [-0.4, -0.2) is 46.4 Å². The molecule has 2 aromatic rings. The maximum atomic E-state index is 13.2. The van der Waals surface area contributed by atoms with Crippen molar-refractivity contribution in [1.82, 2.24) is 9.62 Å². The fourth-order valence-electron chi connectivity index (χ4n) is 3.81. The number of nitrogens with one attached hydrogen (secondary N) is 1. The van der Waals surface area contributed by atoms with Gasteiger partial charge in [-0.25, -0.2) is 16.8 Å². The maximum absolute atomic E-state index is 13.2. The van der Waals surface area contributed by atoms with Crippen molar-refractivity contribution >= 4 is 25.8 Å². The zero-order chi connectivity index (χ0) is 23.5. The van der Waals surface area contributed by atoms with Crippen LogP contribution in [0.3, 0.4) is 0 Å². The second-order valence-electron chi connectivity index (χ2n) is 8.33. The molecule has 1 amide bonds. The molecule has 0 saturated carbocycles. The summed E-state index contributed by atoms with van der Waals surface area (Å²) in [5.41, 5.74) is 1.62. The first kappa shape index (κ1) is 24.4. The number of sulfonamides is 1. The fourth-order valence-corrected chi connectivity index (χ4v) is 6.21. The third kappa shape index (κ3) is 5.57. The van der Waals surface area contributed by atoms with Crippen LogP contribution in [0.25, 0.3) is 0 Å². The van der Waals surface area contributed by atoms with Crippen LogP contribution in [0.2, 0.25) is 0 Å². The van der Waals surface area contributed by atoms with Gasteiger partial charge in [0.2, 0.25) is 10.0 Å². The van der Waals surface area contributed by atoms with Gasteiger partial charge in [-0.1, -0.05) is 31.0 Å². The van der Waals surface area contributed by atoms with Crippen molar-refractivity contribution < 1.29 is 21.6 Å². The van der Waals surface area contributed by atoms with E-state index in [9.17, 15) is 21.6 Å². The average Bonchev–Trinajstić information content (AvgIpc) is 3.03. The van der Waals surface area contributed by atoms with Crippen LogP contribution >= 0.6 is 0 Å². The van der Waals surface area contributed by atoms with Crippen LogP contribution in [0.1, 0.15) is 60.1 Å². The van der Waals surface area contributed by atoms with Gasteiger partial charge in [0.05, 0.1) is 15.8 Å². The number of benzene rings is 2. The van der Waals surface area contributed by atoms with Gasteiger partial charge in [-0.3, -0.25) is 4.79 Å². The summed E-state index contributed by atoms with van der Waals surface area (Å²) >= 11 is 0. The number of rotatable bonds is 6. The van der Waals surface area contributed by atoms with Crippen molar-refractivity contribution in [2.75, 3.05) is 19.3 Å². The Balaban J connectivity index is 1.80. The van der Waals surface area contributed by atoms with Crippen LogP contribution in [0.5, 0.6) is 0 Å². The molecule has 0 unspecified atom stereocenters. The van der Waals surface area contributed by atoms with Crippen LogP contribution in [0.15, 0.2) is 52.3 Å². The molecule has 1 aliphatic rings.